The van der Waals surface area contributed by atoms with Gasteiger partial charge in [0.25, 0.3) is 22.2 Å². The zero-order valence-electron chi connectivity index (χ0n) is 69.2. The quantitative estimate of drug-likeness (QED) is 0.0502. The number of aromatic amines is 4. The van der Waals surface area contributed by atoms with Gasteiger partial charge in [-0.15, -0.1) is 0 Å². The maximum absolute atomic E-state index is 13.5. The summed E-state index contributed by atoms with van der Waals surface area (Å²) < 4.78 is 160. The third kappa shape index (κ3) is 21.0. The number of nitrogens with zero attached hydrogens (tertiary/aromatic N) is 4. The zero-order chi connectivity index (χ0) is 86.0. The summed E-state index contributed by atoms with van der Waals surface area (Å²) in [7, 11) is -13.5. The van der Waals surface area contributed by atoms with Gasteiger partial charge in [-0.25, -0.2) is 47.2 Å². The van der Waals surface area contributed by atoms with Gasteiger partial charge in [0.2, 0.25) is 15.9 Å². The maximum Gasteiger partial charge on any atom is 0.272 e. The maximum atomic E-state index is 13.5. The minimum Gasteiger partial charge on any atom is -0.490 e. The number of H-pyrrole nitrogens is 4. The second kappa shape index (κ2) is 35.8. The van der Waals surface area contributed by atoms with E-state index < -0.39 is 51.0 Å². The summed E-state index contributed by atoms with van der Waals surface area (Å²) in [4.78, 5) is 60.5. The number of alkyl halides is 2. The molecule has 4 fully saturated rings. The lowest BCUT2D eigenvalue weighted by Gasteiger charge is -2.29. The molecule has 25 nitrogen and oxygen atoms in total. The second-order valence-corrected chi connectivity index (χ2v) is 41.4. The molecule has 4 saturated carbocycles. The number of hydrogen-bond donors (Lipinski definition) is 5. The molecular weight excluding hydrogens is 1620 g/mol. The van der Waals surface area contributed by atoms with Crippen molar-refractivity contribution >= 4 is 61.6 Å². The van der Waals surface area contributed by atoms with Crippen LogP contribution in [0, 0.1) is 27.7 Å². The van der Waals surface area contributed by atoms with Crippen LogP contribution in [0.4, 0.5) is 8.78 Å². The van der Waals surface area contributed by atoms with Crippen molar-refractivity contribution in [2.75, 3.05) is 18.8 Å². The molecule has 0 saturated heterocycles. The Kier molecular flexibility index (Phi) is 26.1. The van der Waals surface area contributed by atoms with Crippen molar-refractivity contribution in [1.82, 2.24) is 42.3 Å². The summed E-state index contributed by atoms with van der Waals surface area (Å²) in [6, 6.07) is 28.2. The smallest absolute Gasteiger partial charge is 0.272 e. The Hall–Kier alpha value is -10.3. The number of ether oxygens (including phenoxy) is 4. The Morgan fingerprint density at radius 1 is 0.392 bits per heavy atom. The molecule has 120 heavy (non-hydrogen) atoms. The number of benzene rings is 4. The average Bonchev–Trinajstić information content (AvgIpc) is 1.59. The predicted molar refractivity (Wildman–Crippen MR) is 463 cm³/mol. The van der Waals surface area contributed by atoms with Gasteiger partial charge in [0.1, 0.15) is 45.1 Å². The van der Waals surface area contributed by atoms with Crippen molar-refractivity contribution in [3.8, 4) is 68.0 Å². The molecule has 5 N–H and O–H groups in total. The van der Waals surface area contributed by atoms with E-state index in [0.29, 0.717) is 72.8 Å². The predicted octanol–water partition coefficient (Wildman–Crippen LogP) is 16.1. The molecule has 0 spiro atoms. The molecule has 0 bridgehead atoms. The molecule has 0 aliphatic heterocycles. The summed E-state index contributed by atoms with van der Waals surface area (Å²) in [5.41, 5.74) is 11.0. The van der Waals surface area contributed by atoms with Crippen LogP contribution in [0.5, 0.6) is 23.0 Å². The fraction of sp³-hybridized carbons (Fsp3) is 0.416. The molecule has 16 rings (SSSR count). The van der Waals surface area contributed by atoms with Crippen molar-refractivity contribution in [1.29, 1.82) is 0 Å². The first kappa shape index (κ1) is 87.5. The van der Waals surface area contributed by atoms with Crippen LogP contribution in [0.1, 0.15) is 176 Å². The van der Waals surface area contributed by atoms with E-state index >= 15 is 0 Å². The van der Waals surface area contributed by atoms with Crippen LogP contribution >= 0.6 is 0 Å². The summed E-state index contributed by atoms with van der Waals surface area (Å²) in [6.45, 7) is 12.9. The van der Waals surface area contributed by atoms with Crippen molar-refractivity contribution in [2.24, 2.45) is 0 Å². The van der Waals surface area contributed by atoms with Crippen molar-refractivity contribution < 1.29 is 61.4 Å². The van der Waals surface area contributed by atoms with Crippen LogP contribution in [0.15, 0.2) is 176 Å². The Balaban J connectivity index is 0.000000138. The average molecular weight is 1720 g/mol. The van der Waals surface area contributed by atoms with E-state index in [-0.39, 0.29) is 93.6 Å². The summed E-state index contributed by atoms with van der Waals surface area (Å²) >= 11 is 0. The highest BCUT2D eigenvalue weighted by Crippen LogP contribution is 2.43. The number of aryl methyl sites for hydroxylation is 4. The van der Waals surface area contributed by atoms with E-state index in [1.54, 1.807) is 105 Å². The Morgan fingerprint density at radius 2 is 0.667 bits per heavy atom. The molecular formula is C89H105F2N9O16S4. The van der Waals surface area contributed by atoms with Gasteiger partial charge in [-0.2, -0.15) is 0 Å². The van der Waals surface area contributed by atoms with Crippen LogP contribution in [0.2, 0.25) is 0 Å². The van der Waals surface area contributed by atoms with Crippen LogP contribution in [0.25, 0.3) is 67.1 Å². The van der Waals surface area contributed by atoms with Crippen molar-refractivity contribution in [3.63, 3.8) is 0 Å². The van der Waals surface area contributed by atoms with Gasteiger partial charge in [-0.1, -0.05) is 31.4 Å². The van der Waals surface area contributed by atoms with Crippen molar-refractivity contribution in [2.45, 2.75) is 228 Å². The second-order valence-electron chi connectivity index (χ2n) is 33.4. The largest absolute Gasteiger partial charge is 0.490 e. The van der Waals surface area contributed by atoms with E-state index in [0.717, 1.165) is 134 Å². The first-order valence-electron chi connectivity index (χ1n) is 40.7. The third-order valence-electron chi connectivity index (χ3n) is 22.1. The summed E-state index contributed by atoms with van der Waals surface area (Å²) in [5.74, 6) is -0.338. The van der Waals surface area contributed by atoms with Gasteiger partial charge >= 0.3 is 0 Å². The monoisotopic (exact) mass is 1720 g/mol. The SMILES string of the molecule is Cc1cc(-c2cc(CS(C)(=O)=O)ccc2OC2CCC(F)(F)CC2)n2cc[nH]c(=O)c12.Cc1cc(-c2cc(CS(C)(=O)=O)ccc2OC2CCCCC2)n2cc[nH]c(=O)c12.Cc1cc(-c2cc(S(=O)(=O)NC(C)(C)C)ccc2OC2CCCCC2)n2cc[nH]c(=O)c12.Cc1cc(-c2cc(S(C)(=O)=O)ccc2OC2CCCCC2)n2cc[nH]c(=O)c12. The lowest BCUT2D eigenvalue weighted by molar-refractivity contribution is -0.0581. The molecule has 8 aromatic heterocycles. The van der Waals surface area contributed by atoms with Gasteiger partial charge in [-0.05, 0) is 257 Å². The highest BCUT2D eigenvalue weighted by atomic mass is 32.2. The number of fused-ring (bicyclic) bond motifs is 4. The number of halogens is 2. The first-order valence-corrected chi connectivity index (χ1v) is 48.2. The molecule has 640 valence electrons. The van der Waals surface area contributed by atoms with Crippen LogP contribution in [-0.4, -0.2) is 126 Å². The molecule has 0 unspecified atom stereocenters. The molecule has 31 heteroatoms. The van der Waals surface area contributed by atoms with Crippen LogP contribution in [0.3, 0.4) is 0 Å². The molecule has 12 aromatic rings. The third-order valence-corrected chi connectivity index (χ3v) is 26.7. The van der Waals surface area contributed by atoms with E-state index in [2.05, 4.69) is 24.7 Å². The minimum absolute atomic E-state index is 0.0351. The number of rotatable bonds is 19. The van der Waals surface area contributed by atoms with Crippen molar-refractivity contribution in [3.05, 3.63) is 221 Å². The first-order chi connectivity index (χ1) is 56.7. The molecule has 8 heterocycles. The standard InChI is InChI=1S/C24H31N3O4S.C22H24F2N2O4S.C22H26N2O4S.C21H24N2O4S/c1-16-14-20(27-13-12-25-23(28)22(16)27)19-15-18(32(29,30)26-24(2,3)4)10-11-21(19)31-17-8-6-5-7-9-17;1-14-11-18(26-10-9-25-21(27)20(14)26)17-12-15(13-31(2,28)29)3-4-19(17)30-16-5-7-22(23,24)8-6-16;1-15-12-19(24-11-10-23-22(25)21(15)24)18-13-16(14-29(2,26)27)8-9-20(18)28-17-6-4-3-5-7-17;1-14-12-18(23-11-10-22-21(24)20(14)23)17-13-16(28(2,25)26)8-9-19(17)27-15-6-4-3-5-7-15/h10-15,17,26H,5-9H2,1-4H3,(H,25,28);3-4,9-12,16H,5-8,13H2,1-2H3,(H,25,27);8-13,17H,3-7,14H2,1-2H3,(H,23,25);8-13,15H,3-7H2,1-2H3,(H,22,24). The van der Waals surface area contributed by atoms with Crippen LogP contribution < -0.4 is 45.9 Å². The highest BCUT2D eigenvalue weighted by molar-refractivity contribution is 7.91. The number of aromatic nitrogens is 8. The Bertz CT molecular complexity index is 6540. The fourth-order valence-electron chi connectivity index (χ4n) is 16.7. The molecule has 0 radical (unpaired) electrons. The number of nitrogens with one attached hydrogen (secondary N) is 5. The Labute approximate surface area is 696 Å². The van der Waals surface area contributed by atoms with E-state index in [1.165, 1.54) is 38.0 Å². The van der Waals surface area contributed by atoms with Gasteiger partial charge in [0, 0.05) is 109 Å². The summed E-state index contributed by atoms with van der Waals surface area (Å²) in [5, 5.41) is 0. The number of sulfone groups is 3. The lowest BCUT2D eigenvalue weighted by Crippen LogP contribution is -2.40. The molecule has 0 amide bonds. The van der Waals surface area contributed by atoms with Gasteiger partial charge in [0.05, 0.1) is 68.5 Å². The number of sulfonamides is 1. The van der Waals surface area contributed by atoms with Gasteiger partial charge in [-0.3, -0.25) is 19.2 Å². The number of hydrogen-bond acceptors (Lipinski definition) is 16. The molecule has 4 aliphatic carbocycles. The minimum atomic E-state index is -3.74. The van der Waals surface area contributed by atoms with Gasteiger partial charge < -0.3 is 56.5 Å². The molecule has 0 atom stereocenters. The molecule has 4 aliphatic rings. The normalized spacial score (nSPS) is 16.1. The van der Waals surface area contributed by atoms with Crippen LogP contribution in [-0.2, 0) is 51.0 Å². The fourth-order valence-corrected chi connectivity index (χ4v) is 20.3. The lowest BCUT2D eigenvalue weighted by atomic mass is 9.94. The summed E-state index contributed by atoms with van der Waals surface area (Å²) in [6.07, 6.45) is 33.6. The van der Waals surface area contributed by atoms with E-state index in [1.807, 2.05) is 102 Å². The zero-order valence-corrected chi connectivity index (χ0v) is 72.5. The van der Waals surface area contributed by atoms with Gasteiger partial charge in [0.15, 0.2) is 29.5 Å². The van der Waals surface area contributed by atoms with E-state index in [4.69, 9.17) is 18.9 Å². The topological polar surface area (TPSA) is 335 Å². The highest BCUT2D eigenvalue weighted by Gasteiger charge is 2.37. The van der Waals surface area contributed by atoms with E-state index in [9.17, 15) is 61.6 Å². The molecule has 4 aromatic carbocycles. The Morgan fingerprint density at radius 3 is 0.958 bits per heavy atom.